The van der Waals surface area contributed by atoms with Crippen LogP contribution in [0.2, 0.25) is 0 Å². The van der Waals surface area contributed by atoms with E-state index in [2.05, 4.69) is 10.3 Å². The molecule has 2 N–H and O–H groups in total. The molecule has 0 bridgehead atoms. The second-order valence-corrected chi connectivity index (χ2v) is 6.62. The van der Waals surface area contributed by atoms with Crippen molar-refractivity contribution in [1.82, 2.24) is 10.3 Å². The first kappa shape index (κ1) is 12.8. The van der Waals surface area contributed by atoms with Gasteiger partial charge in [0.2, 0.25) is 0 Å². The largest absolute Gasteiger partial charge is 0.349 e. The number of rotatable bonds is 2. The van der Waals surface area contributed by atoms with Crippen molar-refractivity contribution < 1.29 is 13.2 Å². The van der Waals surface area contributed by atoms with Gasteiger partial charge in [0.25, 0.3) is 11.5 Å². The fourth-order valence-electron chi connectivity index (χ4n) is 1.90. The molecule has 6 nitrogen and oxygen atoms in total. The average Bonchev–Trinajstić information content (AvgIpc) is 2.32. The molecule has 1 saturated heterocycles. The van der Waals surface area contributed by atoms with E-state index >= 15 is 0 Å². The van der Waals surface area contributed by atoms with Gasteiger partial charge in [-0.05, 0) is 25.0 Å². The second kappa shape index (κ2) is 4.93. The third kappa shape index (κ3) is 2.98. The molecule has 2 heterocycles. The van der Waals surface area contributed by atoms with Gasteiger partial charge in [-0.25, -0.2) is 8.42 Å². The minimum Gasteiger partial charge on any atom is -0.349 e. The highest BCUT2D eigenvalue weighted by Crippen LogP contribution is 2.12. The summed E-state index contributed by atoms with van der Waals surface area (Å²) in [5.74, 6) is -0.284. The molecule has 2 rings (SSSR count). The van der Waals surface area contributed by atoms with Gasteiger partial charge in [0, 0.05) is 12.2 Å². The first-order chi connectivity index (χ1) is 8.48. The van der Waals surface area contributed by atoms with Gasteiger partial charge in [-0.1, -0.05) is 0 Å². The van der Waals surface area contributed by atoms with Crippen LogP contribution in [0.4, 0.5) is 0 Å². The van der Waals surface area contributed by atoms with Crippen LogP contribution in [-0.2, 0) is 9.84 Å². The lowest BCUT2D eigenvalue weighted by Gasteiger charge is -2.22. The third-order valence-electron chi connectivity index (χ3n) is 2.95. The Hall–Kier alpha value is -1.63. The first-order valence-electron chi connectivity index (χ1n) is 5.67. The van der Waals surface area contributed by atoms with Crippen molar-refractivity contribution in [2.45, 2.75) is 18.9 Å². The molecule has 18 heavy (non-hydrogen) atoms. The van der Waals surface area contributed by atoms with Gasteiger partial charge in [0.1, 0.15) is 15.4 Å². The summed E-state index contributed by atoms with van der Waals surface area (Å²) in [6.07, 6.45) is 2.25. The smallest absolute Gasteiger partial charge is 0.260 e. The van der Waals surface area contributed by atoms with Crippen molar-refractivity contribution in [3.63, 3.8) is 0 Å². The van der Waals surface area contributed by atoms with Gasteiger partial charge >= 0.3 is 0 Å². The van der Waals surface area contributed by atoms with Crippen molar-refractivity contribution in [1.29, 1.82) is 0 Å². The van der Waals surface area contributed by atoms with E-state index in [4.69, 9.17) is 0 Å². The lowest BCUT2D eigenvalue weighted by Crippen LogP contribution is -2.42. The van der Waals surface area contributed by atoms with Crippen LogP contribution in [0.15, 0.2) is 23.1 Å². The summed E-state index contributed by atoms with van der Waals surface area (Å²) in [5, 5.41) is 2.69. The summed E-state index contributed by atoms with van der Waals surface area (Å²) >= 11 is 0. The van der Waals surface area contributed by atoms with Crippen LogP contribution in [0.1, 0.15) is 23.2 Å². The minimum absolute atomic E-state index is 0.0472. The maximum absolute atomic E-state index is 11.8. The Bertz CT molecular complexity index is 591. The van der Waals surface area contributed by atoms with E-state index < -0.39 is 21.3 Å². The zero-order chi connectivity index (χ0) is 13.2. The highest BCUT2D eigenvalue weighted by molar-refractivity contribution is 7.91. The van der Waals surface area contributed by atoms with E-state index in [0.717, 1.165) is 0 Å². The van der Waals surface area contributed by atoms with Gasteiger partial charge in [-0.3, -0.25) is 9.59 Å². The Kier molecular flexibility index (Phi) is 3.51. The number of carbonyl (C=O) groups is 1. The summed E-state index contributed by atoms with van der Waals surface area (Å²) in [7, 11) is -2.94. The lowest BCUT2D eigenvalue weighted by atomic mass is 10.1. The Morgan fingerprint density at radius 1 is 1.33 bits per heavy atom. The van der Waals surface area contributed by atoms with E-state index in [1.165, 1.54) is 12.3 Å². The van der Waals surface area contributed by atoms with Crippen LogP contribution >= 0.6 is 0 Å². The molecule has 0 spiro atoms. The number of sulfone groups is 1. The second-order valence-electron chi connectivity index (χ2n) is 4.31. The Labute approximate surface area is 104 Å². The fourth-order valence-corrected chi connectivity index (χ4v) is 3.39. The number of H-pyrrole nitrogens is 1. The van der Waals surface area contributed by atoms with Gasteiger partial charge in [0.15, 0.2) is 0 Å². The standard InChI is InChI=1S/C11H14N2O4S/c14-10-9(2-1-5-12-10)11(15)13-8-3-6-18(16,17)7-4-8/h1-2,5,8H,3-4,6-7H2,(H,12,14)(H,13,15). The molecular weight excluding hydrogens is 256 g/mol. The van der Waals surface area contributed by atoms with Crippen LogP contribution < -0.4 is 10.9 Å². The number of hydrogen-bond acceptors (Lipinski definition) is 4. The molecule has 1 aromatic heterocycles. The van der Waals surface area contributed by atoms with Crippen LogP contribution in [0.25, 0.3) is 0 Å². The normalized spacial score (nSPS) is 19.3. The van der Waals surface area contributed by atoms with Crippen LogP contribution in [0.3, 0.4) is 0 Å². The summed E-state index contributed by atoms with van der Waals surface area (Å²) in [6, 6.07) is 2.83. The molecule has 0 unspecified atom stereocenters. The molecule has 1 amide bonds. The van der Waals surface area contributed by atoms with E-state index in [1.54, 1.807) is 6.07 Å². The number of amides is 1. The fraction of sp³-hybridized carbons (Fsp3) is 0.455. The van der Waals surface area contributed by atoms with Gasteiger partial charge in [0.05, 0.1) is 11.5 Å². The predicted molar refractivity (Wildman–Crippen MR) is 66.2 cm³/mol. The maximum Gasteiger partial charge on any atom is 0.260 e. The summed E-state index contributed by atoms with van der Waals surface area (Å²) in [4.78, 5) is 25.6. The zero-order valence-corrected chi connectivity index (χ0v) is 10.5. The minimum atomic E-state index is -2.94. The number of nitrogens with one attached hydrogen (secondary N) is 2. The molecule has 0 atom stereocenters. The number of aromatic nitrogens is 1. The highest BCUT2D eigenvalue weighted by atomic mass is 32.2. The molecule has 0 radical (unpaired) electrons. The van der Waals surface area contributed by atoms with E-state index in [9.17, 15) is 18.0 Å². The van der Waals surface area contributed by atoms with Gasteiger partial charge < -0.3 is 10.3 Å². The molecule has 1 aliphatic rings. The number of hydrogen-bond donors (Lipinski definition) is 2. The Balaban J connectivity index is 2.01. The molecule has 1 aromatic rings. The Morgan fingerprint density at radius 3 is 2.61 bits per heavy atom. The molecule has 1 aliphatic heterocycles. The van der Waals surface area contributed by atoms with Crippen molar-refractivity contribution in [3.05, 3.63) is 34.2 Å². The average molecular weight is 270 g/mol. The molecule has 0 aromatic carbocycles. The molecule has 0 aliphatic carbocycles. The van der Waals surface area contributed by atoms with E-state index in [-0.39, 0.29) is 23.1 Å². The monoisotopic (exact) mass is 270 g/mol. The number of aromatic amines is 1. The van der Waals surface area contributed by atoms with E-state index in [1.807, 2.05) is 0 Å². The van der Waals surface area contributed by atoms with Crippen molar-refractivity contribution >= 4 is 15.7 Å². The SMILES string of the molecule is O=C(NC1CCS(=O)(=O)CC1)c1ccc[nH]c1=O. The van der Waals surface area contributed by atoms with E-state index in [0.29, 0.717) is 12.8 Å². The summed E-state index contributed by atoms with van der Waals surface area (Å²) in [5.41, 5.74) is -0.399. The topological polar surface area (TPSA) is 96.1 Å². The molecule has 98 valence electrons. The van der Waals surface area contributed by atoms with Gasteiger partial charge in [-0.15, -0.1) is 0 Å². The predicted octanol–water partition coefficient (Wildman–Crippen LogP) is -0.318. The zero-order valence-electron chi connectivity index (χ0n) is 9.68. The van der Waals surface area contributed by atoms with Gasteiger partial charge in [-0.2, -0.15) is 0 Å². The van der Waals surface area contributed by atoms with Crippen molar-refractivity contribution in [2.75, 3.05) is 11.5 Å². The summed E-state index contributed by atoms with van der Waals surface area (Å²) in [6.45, 7) is 0. The highest BCUT2D eigenvalue weighted by Gasteiger charge is 2.25. The maximum atomic E-state index is 11.8. The molecule has 7 heteroatoms. The van der Waals surface area contributed by atoms with Crippen molar-refractivity contribution in [3.8, 4) is 0 Å². The van der Waals surface area contributed by atoms with Crippen LogP contribution in [0, 0.1) is 0 Å². The quantitative estimate of drug-likeness (QED) is 0.770. The molecular formula is C11H14N2O4S. The van der Waals surface area contributed by atoms with Crippen molar-refractivity contribution in [2.24, 2.45) is 0 Å². The Morgan fingerprint density at radius 2 is 2.00 bits per heavy atom. The van der Waals surface area contributed by atoms with Crippen LogP contribution in [-0.4, -0.2) is 36.9 Å². The first-order valence-corrected chi connectivity index (χ1v) is 7.49. The molecule has 0 saturated carbocycles. The molecule has 1 fully saturated rings. The number of carbonyl (C=O) groups excluding carboxylic acids is 1. The van der Waals surface area contributed by atoms with Crippen LogP contribution in [0.5, 0.6) is 0 Å². The number of pyridine rings is 1. The summed E-state index contributed by atoms with van der Waals surface area (Å²) < 4.78 is 22.5. The third-order valence-corrected chi connectivity index (χ3v) is 4.67. The lowest BCUT2D eigenvalue weighted by molar-refractivity contribution is 0.0932.